The van der Waals surface area contributed by atoms with Gasteiger partial charge in [-0.15, -0.1) is 0 Å². The lowest BCUT2D eigenvalue weighted by atomic mass is 10.2. The molecule has 3 heteroatoms. The smallest absolute Gasteiger partial charge is 0.193 e. The van der Waals surface area contributed by atoms with Crippen LogP contribution in [0.2, 0.25) is 0 Å². The molecule has 1 aromatic rings. The van der Waals surface area contributed by atoms with E-state index in [2.05, 4.69) is 29.4 Å². The molecule has 1 aromatic carbocycles. The Bertz CT molecular complexity index is 317. The fourth-order valence-electron chi connectivity index (χ4n) is 1.34. The van der Waals surface area contributed by atoms with Gasteiger partial charge in [0.1, 0.15) is 0 Å². The number of hydrogen-bond donors (Lipinski definition) is 1. The maximum absolute atomic E-state index is 4.56. The predicted octanol–water partition coefficient (Wildman–Crippen LogP) is 2.10. The fourth-order valence-corrected chi connectivity index (χ4v) is 1.34. The van der Waals surface area contributed by atoms with E-state index in [0.717, 1.165) is 25.5 Å². The van der Waals surface area contributed by atoms with Crippen LogP contribution >= 0.6 is 0 Å². The van der Waals surface area contributed by atoms with Crippen molar-refractivity contribution < 1.29 is 0 Å². The van der Waals surface area contributed by atoms with Crippen LogP contribution in [0.5, 0.6) is 0 Å². The highest BCUT2D eigenvalue weighted by atomic mass is 15.3. The highest BCUT2D eigenvalue weighted by Crippen LogP contribution is 2.00. The summed E-state index contributed by atoms with van der Waals surface area (Å²) in [6, 6.07) is 10.3. The van der Waals surface area contributed by atoms with Crippen LogP contribution in [0.4, 0.5) is 0 Å². The molecule has 0 saturated heterocycles. The van der Waals surface area contributed by atoms with Crippen LogP contribution in [-0.4, -0.2) is 31.5 Å². The first-order chi connectivity index (χ1) is 7.74. The molecule has 3 nitrogen and oxygen atoms in total. The van der Waals surface area contributed by atoms with Crippen LogP contribution in [0.15, 0.2) is 35.3 Å². The summed E-state index contributed by atoms with van der Waals surface area (Å²) in [6.07, 6.45) is 1.11. The van der Waals surface area contributed by atoms with Gasteiger partial charge in [-0.2, -0.15) is 0 Å². The van der Waals surface area contributed by atoms with Crippen LogP contribution in [0.1, 0.15) is 18.9 Å². The van der Waals surface area contributed by atoms with E-state index in [0.29, 0.717) is 0 Å². The van der Waals surface area contributed by atoms with Gasteiger partial charge in [0.05, 0.1) is 6.54 Å². The van der Waals surface area contributed by atoms with E-state index in [1.807, 2.05) is 37.2 Å². The minimum Gasteiger partial charge on any atom is -0.356 e. The van der Waals surface area contributed by atoms with Crippen molar-refractivity contribution >= 4 is 5.96 Å². The van der Waals surface area contributed by atoms with E-state index >= 15 is 0 Å². The SMILES string of the molecule is CCCNC(=NCc1ccccc1)N(C)C. The number of guanidine groups is 1. The molecular formula is C13H21N3. The third-order valence-corrected chi connectivity index (χ3v) is 2.21. The molecule has 16 heavy (non-hydrogen) atoms. The lowest BCUT2D eigenvalue weighted by Crippen LogP contribution is -2.36. The normalized spacial score (nSPS) is 11.3. The number of rotatable bonds is 4. The molecule has 0 saturated carbocycles. The highest BCUT2D eigenvalue weighted by Gasteiger charge is 1.99. The van der Waals surface area contributed by atoms with Crippen LogP contribution in [0.3, 0.4) is 0 Å². The highest BCUT2D eigenvalue weighted by molar-refractivity contribution is 5.79. The Balaban J connectivity index is 2.57. The number of benzene rings is 1. The second-order valence-electron chi connectivity index (χ2n) is 3.95. The van der Waals surface area contributed by atoms with Gasteiger partial charge >= 0.3 is 0 Å². The number of nitrogens with one attached hydrogen (secondary N) is 1. The molecule has 0 amide bonds. The summed E-state index contributed by atoms with van der Waals surface area (Å²) in [5.41, 5.74) is 1.24. The van der Waals surface area contributed by atoms with Gasteiger partial charge in [-0.25, -0.2) is 4.99 Å². The summed E-state index contributed by atoms with van der Waals surface area (Å²) in [5, 5.41) is 3.32. The molecule has 0 aliphatic rings. The second kappa shape index (κ2) is 6.88. The van der Waals surface area contributed by atoms with Gasteiger partial charge in [-0.3, -0.25) is 0 Å². The summed E-state index contributed by atoms with van der Waals surface area (Å²) in [6.45, 7) is 3.84. The first-order valence-electron chi connectivity index (χ1n) is 5.73. The number of nitrogens with zero attached hydrogens (tertiary/aromatic N) is 2. The van der Waals surface area contributed by atoms with Crippen LogP contribution in [-0.2, 0) is 6.54 Å². The summed E-state index contributed by atoms with van der Waals surface area (Å²) in [4.78, 5) is 6.57. The van der Waals surface area contributed by atoms with E-state index in [1.165, 1.54) is 5.56 Å². The van der Waals surface area contributed by atoms with Crippen LogP contribution < -0.4 is 5.32 Å². The van der Waals surface area contributed by atoms with Gasteiger partial charge in [-0.1, -0.05) is 37.3 Å². The Morgan fingerprint density at radius 2 is 1.94 bits per heavy atom. The molecule has 0 aliphatic heterocycles. The van der Waals surface area contributed by atoms with Crippen molar-refractivity contribution in [1.82, 2.24) is 10.2 Å². The average molecular weight is 219 g/mol. The molecule has 0 aromatic heterocycles. The van der Waals surface area contributed by atoms with Gasteiger partial charge < -0.3 is 10.2 Å². The zero-order valence-electron chi connectivity index (χ0n) is 10.4. The Morgan fingerprint density at radius 1 is 1.25 bits per heavy atom. The first kappa shape index (κ1) is 12.6. The van der Waals surface area contributed by atoms with Gasteiger partial charge in [0.15, 0.2) is 5.96 Å². The molecule has 1 N–H and O–H groups in total. The van der Waals surface area contributed by atoms with Crippen molar-refractivity contribution in [2.75, 3.05) is 20.6 Å². The van der Waals surface area contributed by atoms with Crippen molar-refractivity contribution in [2.24, 2.45) is 4.99 Å². The molecule has 0 aliphatic carbocycles. The van der Waals surface area contributed by atoms with Crippen LogP contribution in [0, 0.1) is 0 Å². The third-order valence-electron chi connectivity index (χ3n) is 2.21. The molecular weight excluding hydrogens is 198 g/mol. The molecule has 88 valence electrons. The monoisotopic (exact) mass is 219 g/mol. The molecule has 1 rings (SSSR count). The molecule has 0 radical (unpaired) electrons. The van der Waals surface area contributed by atoms with Crippen molar-refractivity contribution in [3.8, 4) is 0 Å². The lowest BCUT2D eigenvalue weighted by molar-refractivity contribution is 0.578. The Labute approximate surface area is 98.2 Å². The van der Waals surface area contributed by atoms with Gasteiger partial charge in [0, 0.05) is 20.6 Å². The second-order valence-corrected chi connectivity index (χ2v) is 3.95. The maximum Gasteiger partial charge on any atom is 0.193 e. The number of aliphatic imine (C=N–C) groups is 1. The van der Waals surface area contributed by atoms with Gasteiger partial charge in [0.25, 0.3) is 0 Å². The Morgan fingerprint density at radius 3 is 2.50 bits per heavy atom. The maximum atomic E-state index is 4.56. The van der Waals surface area contributed by atoms with E-state index in [1.54, 1.807) is 0 Å². The zero-order valence-corrected chi connectivity index (χ0v) is 10.4. The fraction of sp³-hybridized carbons (Fsp3) is 0.462. The Hall–Kier alpha value is -1.51. The summed E-state index contributed by atoms with van der Waals surface area (Å²) in [7, 11) is 4.01. The van der Waals surface area contributed by atoms with Crippen molar-refractivity contribution in [3.63, 3.8) is 0 Å². The van der Waals surface area contributed by atoms with E-state index in [-0.39, 0.29) is 0 Å². The van der Waals surface area contributed by atoms with E-state index in [9.17, 15) is 0 Å². The molecule has 0 spiro atoms. The van der Waals surface area contributed by atoms with Gasteiger partial charge in [-0.05, 0) is 12.0 Å². The predicted molar refractivity (Wildman–Crippen MR) is 69.6 cm³/mol. The summed E-state index contributed by atoms with van der Waals surface area (Å²) in [5.74, 6) is 0.950. The molecule has 0 fully saturated rings. The topological polar surface area (TPSA) is 27.6 Å². The van der Waals surface area contributed by atoms with E-state index in [4.69, 9.17) is 0 Å². The number of hydrogen-bond acceptors (Lipinski definition) is 1. The van der Waals surface area contributed by atoms with Crippen LogP contribution in [0.25, 0.3) is 0 Å². The zero-order chi connectivity index (χ0) is 11.8. The largest absolute Gasteiger partial charge is 0.356 e. The molecule has 0 heterocycles. The average Bonchev–Trinajstić information content (AvgIpc) is 2.30. The van der Waals surface area contributed by atoms with Crippen molar-refractivity contribution in [2.45, 2.75) is 19.9 Å². The third kappa shape index (κ3) is 4.34. The molecule has 0 atom stereocenters. The van der Waals surface area contributed by atoms with Crippen molar-refractivity contribution in [1.29, 1.82) is 0 Å². The standard InChI is InChI=1S/C13H21N3/c1-4-10-14-13(16(2)3)15-11-12-8-6-5-7-9-12/h5-9H,4,10-11H2,1-3H3,(H,14,15). The minimum absolute atomic E-state index is 0.727. The van der Waals surface area contributed by atoms with E-state index < -0.39 is 0 Å². The van der Waals surface area contributed by atoms with Crippen molar-refractivity contribution in [3.05, 3.63) is 35.9 Å². The molecule has 0 bridgehead atoms. The molecule has 0 unspecified atom stereocenters. The summed E-state index contributed by atoms with van der Waals surface area (Å²) < 4.78 is 0. The lowest BCUT2D eigenvalue weighted by Gasteiger charge is -2.17. The first-order valence-corrected chi connectivity index (χ1v) is 5.73. The van der Waals surface area contributed by atoms with Gasteiger partial charge in [0.2, 0.25) is 0 Å². The minimum atomic E-state index is 0.727. The quantitative estimate of drug-likeness (QED) is 0.620. The Kier molecular flexibility index (Phi) is 5.40. The summed E-state index contributed by atoms with van der Waals surface area (Å²) >= 11 is 0.